The molecule has 0 atom stereocenters. The Morgan fingerprint density at radius 2 is 1.71 bits per heavy atom. The molecule has 0 fully saturated rings. The average molecular weight is 447 g/mol. The smallest absolute Gasteiger partial charge is 0.232 e. The van der Waals surface area contributed by atoms with Gasteiger partial charge in [0.15, 0.2) is 0 Å². The van der Waals surface area contributed by atoms with E-state index in [9.17, 15) is 17.6 Å². The molecule has 2 aromatic carbocycles. The lowest BCUT2D eigenvalue weighted by molar-refractivity contribution is -0.121. The fraction of sp³-hybridized carbons (Fsp3) is 0.316. The van der Waals surface area contributed by atoms with E-state index in [1.807, 2.05) is 0 Å². The highest BCUT2D eigenvalue weighted by Gasteiger charge is 2.22. The lowest BCUT2D eigenvalue weighted by Crippen LogP contribution is -2.33. The van der Waals surface area contributed by atoms with Crippen molar-refractivity contribution >= 4 is 44.8 Å². The number of benzene rings is 2. The van der Waals surface area contributed by atoms with Crippen LogP contribution >= 0.6 is 23.2 Å². The molecule has 0 saturated carbocycles. The molecule has 0 aromatic heterocycles. The van der Waals surface area contributed by atoms with Gasteiger partial charge >= 0.3 is 0 Å². The number of amides is 1. The Balaban J connectivity index is 1.86. The molecular formula is C19H21Cl2FN2O3S. The van der Waals surface area contributed by atoms with Gasteiger partial charge in [0.1, 0.15) is 5.82 Å². The van der Waals surface area contributed by atoms with Crippen LogP contribution in [-0.4, -0.2) is 33.7 Å². The number of hydrogen-bond acceptors (Lipinski definition) is 3. The van der Waals surface area contributed by atoms with E-state index in [0.29, 0.717) is 19.4 Å². The first kappa shape index (κ1) is 22.5. The third-order valence-electron chi connectivity index (χ3n) is 4.00. The van der Waals surface area contributed by atoms with Crippen molar-refractivity contribution < 1.29 is 17.6 Å². The van der Waals surface area contributed by atoms with Crippen molar-refractivity contribution in [3.05, 3.63) is 63.9 Å². The van der Waals surface area contributed by atoms with Crippen molar-refractivity contribution in [3.8, 4) is 0 Å². The Morgan fingerprint density at radius 3 is 2.29 bits per heavy atom. The zero-order valence-corrected chi connectivity index (χ0v) is 17.6. The van der Waals surface area contributed by atoms with Gasteiger partial charge in [-0.2, -0.15) is 0 Å². The Kier molecular flexibility index (Phi) is 8.10. The molecule has 0 unspecified atom stereocenters. The van der Waals surface area contributed by atoms with E-state index >= 15 is 0 Å². The standard InChI is InChI=1S/C19H21Cl2FN2O3S/c1-28(26,27)24(19-16(20)4-2-5-17(19)21)13-3-6-18(25)23-12-11-14-7-9-15(22)10-8-14/h2,4-5,7-10H,3,6,11-13H2,1H3,(H,23,25). The fourth-order valence-corrected chi connectivity index (χ4v) is 4.33. The molecule has 2 aromatic rings. The van der Waals surface area contributed by atoms with E-state index in [2.05, 4.69) is 5.32 Å². The summed E-state index contributed by atoms with van der Waals surface area (Å²) < 4.78 is 38.3. The molecule has 0 aliphatic heterocycles. The molecule has 0 spiro atoms. The van der Waals surface area contributed by atoms with Gasteiger partial charge in [0, 0.05) is 19.5 Å². The SMILES string of the molecule is CS(=O)(=O)N(CCCC(=O)NCCc1ccc(F)cc1)c1c(Cl)cccc1Cl. The average Bonchev–Trinajstić information content (AvgIpc) is 2.61. The number of anilines is 1. The first-order valence-electron chi connectivity index (χ1n) is 8.61. The maximum atomic E-state index is 12.9. The lowest BCUT2D eigenvalue weighted by atomic mass is 10.1. The number of halogens is 3. The van der Waals surface area contributed by atoms with Crippen molar-refractivity contribution in [2.24, 2.45) is 0 Å². The number of para-hydroxylation sites is 1. The van der Waals surface area contributed by atoms with Crippen LogP contribution in [0.4, 0.5) is 10.1 Å². The van der Waals surface area contributed by atoms with Crippen molar-refractivity contribution in [2.75, 3.05) is 23.7 Å². The van der Waals surface area contributed by atoms with Gasteiger partial charge in [-0.15, -0.1) is 0 Å². The van der Waals surface area contributed by atoms with Crippen LogP contribution in [0.1, 0.15) is 18.4 Å². The molecule has 0 aliphatic rings. The van der Waals surface area contributed by atoms with Crippen LogP contribution in [0.3, 0.4) is 0 Å². The minimum Gasteiger partial charge on any atom is -0.356 e. The normalized spacial score (nSPS) is 11.3. The molecule has 152 valence electrons. The Morgan fingerprint density at radius 1 is 1.11 bits per heavy atom. The summed E-state index contributed by atoms with van der Waals surface area (Å²) in [4.78, 5) is 12.0. The molecule has 0 radical (unpaired) electrons. The Bertz CT molecular complexity index is 901. The van der Waals surface area contributed by atoms with Crippen LogP contribution < -0.4 is 9.62 Å². The number of nitrogens with zero attached hydrogens (tertiary/aromatic N) is 1. The molecule has 2 rings (SSSR count). The lowest BCUT2D eigenvalue weighted by Gasteiger charge is -2.24. The maximum absolute atomic E-state index is 12.9. The third kappa shape index (κ3) is 6.65. The summed E-state index contributed by atoms with van der Waals surface area (Å²) in [6.45, 7) is 0.490. The number of carbonyl (C=O) groups is 1. The van der Waals surface area contributed by atoms with E-state index in [1.165, 1.54) is 12.1 Å². The highest BCUT2D eigenvalue weighted by molar-refractivity contribution is 7.92. The molecule has 5 nitrogen and oxygen atoms in total. The third-order valence-corrected chi connectivity index (χ3v) is 5.78. The Hall–Kier alpha value is -1.83. The first-order chi connectivity index (χ1) is 13.2. The van der Waals surface area contributed by atoms with Gasteiger partial charge in [0.05, 0.1) is 22.0 Å². The summed E-state index contributed by atoms with van der Waals surface area (Å²) in [6, 6.07) is 10.8. The van der Waals surface area contributed by atoms with Crippen LogP contribution in [0, 0.1) is 5.82 Å². The van der Waals surface area contributed by atoms with Crippen LogP contribution in [-0.2, 0) is 21.2 Å². The largest absolute Gasteiger partial charge is 0.356 e. The molecule has 9 heteroatoms. The predicted molar refractivity (Wildman–Crippen MR) is 111 cm³/mol. The molecule has 1 N–H and O–H groups in total. The number of carbonyl (C=O) groups excluding carboxylic acids is 1. The topological polar surface area (TPSA) is 66.5 Å². The van der Waals surface area contributed by atoms with Crippen molar-refractivity contribution in [2.45, 2.75) is 19.3 Å². The number of sulfonamides is 1. The molecule has 1 amide bonds. The van der Waals surface area contributed by atoms with Gasteiger partial charge in [-0.1, -0.05) is 41.4 Å². The van der Waals surface area contributed by atoms with Gasteiger partial charge in [0.25, 0.3) is 0 Å². The van der Waals surface area contributed by atoms with E-state index in [0.717, 1.165) is 16.1 Å². The molecule has 0 aliphatic carbocycles. The van der Waals surface area contributed by atoms with Crippen LogP contribution in [0.2, 0.25) is 10.0 Å². The van der Waals surface area contributed by atoms with E-state index in [1.54, 1.807) is 30.3 Å². The summed E-state index contributed by atoms with van der Waals surface area (Å²) in [5, 5.41) is 3.22. The molecule has 0 heterocycles. The van der Waals surface area contributed by atoms with Crippen LogP contribution in [0.25, 0.3) is 0 Å². The summed E-state index contributed by atoms with van der Waals surface area (Å²) >= 11 is 12.2. The van der Waals surface area contributed by atoms with Gasteiger partial charge in [-0.25, -0.2) is 12.8 Å². The van der Waals surface area contributed by atoms with Gasteiger partial charge in [-0.3, -0.25) is 9.10 Å². The minimum absolute atomic E-state index is 0.0771. The van der Waals surface area contributed by atoms with Gasteiger partial charge in [0.2, 0.25) is 15.9 Å². The highest BCUT2D eigenvalue weighted by atomic mass is 35.5. The highest BCUT2D eigenvalue weighted by Crippen LogP contribution is 2.35. The monoisotopic (exact) mass is 446 g/mol. The van der Waals surface area contributed by atoms with Crippen LogP contribution in [0.15, 0.2) is 42.5 Å². The zero-order valence-electron chi connectivity index (χ0n) is 15.3. The maximum Gasteiger partial charge on any atom is 0.232 e. The van der Waals surface area contributed by atoms with Gasteiger partial charge < -0.3 is 5.32 Å². The molecule has 0 bridgehead atoms. The van der Waals surface area contributed by atoms with Crippen molar-refractivity contribution in [1.29, 1.82) is 0 Å². The molecule has 28 heavy (non-hydrogen) atoms. The summed E-state index contributed by atoms with van der Waals surface area (Å²) in [5.41, 5.74) is 1.13. The summed E-state index contributed by atoms with van der Waals surface area (Å²) in [5.74, 6) is -0.498. The van der Waals surface area contributed by atoms with Crippen LogP contribution in [0.5, 0.6) is 0 Å². The number of nitrogens with one attached hydrogen (secondary N) is 1. The van der Waals surface area contributed by atoms with E-state index in [-0.39, 0.29) is 40.4 Å². The summed E-state index contributed by atoms with van der Waals surface area (Å²) in [7, 11) is -3.62. The van der Waals surface area contributed by atoms with E-state index in [4.69, 9.17) is 23.2 Å². The first-order valence-corrected chi connectivity index (χ1v) is 11.2. The van der Waals surface area contributed by atoms with E-state index < -0.39 is 10.0 Å². The molecular weight excluding hydrogens is 426 g/mol. The summed E-state index contributed by atoms with van der Waals surface area (Å²) in [6.07, 6.45) is 2.10. The van der Waals surface area contributed by atoms with Gasteiger partial charge in [-0.05, 0) is 42.7 Å². The fourth-order valence-electron chi connectivity index (χ4n) is 2.64. The zero-order chi connectivity index (χ0) is 20.7. The second-order valence-electron chi connectivity index (χ2n) is 6.24. The molecule has 0 saturated heterocycles. The minimum atomic E-state index is -3.62. The second kappa shape index (κ2) is 10.1. The second-order valence-corrected chi connectivity index (χ2v) is 8.96. The number of rotatable bonds is 9. The number of hydrogen-bond donors (Lipinski definition) is 1. The Labute approximate surface area is 174 Å². The predicted octanol–water partition coefficient (Wildman–Crippen LogP) is 4.04. The van der Waals surface area contributed by atoms with Crippen molar-refractivity contribution in [1.82, 2.24) is 5.32 Å². The quantitative estimate of drug-likeness (QED) is 0.631. The van der Waals surface area contributed by atoms with Crippen molar-refractivity contribution in [3.63, 3.8) is 0 Å².